The molecule has 1 aromatic carbocycles. The summed E-state index contributed by atoms with van der Waals surface area (Å²) >= 11 is 5.88. The Bertz CT molecular complexity index is 548. The number of rotatable bonds is 5. The standard InChI is InChI=1S/C18H24ClNO3/c19-15-3-1-13(2-4-15)17(23)14-5-9-20(10-6-14)16(22)11-18(12-21)7-8-18/h1-4,14,17,21,23H,5-12H2/t17-/m0/s1. The van der Waals surface area contributed by atoms with Crippen LogP contribution in [0.15, 0.2) is 24.3 Å². The van der Waals surface area contributed by atoms with Gasteiger partial charge >= 0.3 is 0 Å². The molecular weight excluding hydrogens is 314 g/mol. The average molecular weight is 338 g/mol. The predicted molar refractivity (Wildman–Crippen MR) is 89.1 cm³/mol. The van der Waals surface area contributed by atoms with Crippen molar-refractivity contribution < 1.29 is 15.0 Å². The monoisotopic (exact) mass is 337 g/mol. The van der Waals surface area contributed by atoms with Crippen LogP contribution in [0.1, 0.15) is 43.8 Å². The molecule has 0 bridgehead atoms. The van der Waals surface area contributed by atoms with Gasteiger partial charge in [-0.05, 0) is 49.3 Å². The molecule has 0 aromatic heterocycles. The Hall–Kier alpha value is -1.10. The zero-order valence-electron chi connectivity index (χ0n) is 13.2. The number of halogens is 1. The maximum atomic E-state index is 12.3. The van der Waals surface area contributed by atoms with Crippen molar-refractivity contribution in [1.82, 2.24) is 4.90 Å². The summed E-state index contributed by atoms with van der Waals surface area (Å²) in [5.41, 5.74) is 0.757. The number of benzene rings is 1. The Morgan fingerprint density at radius 1 is 1.26 bits per heavy atom. The summed E-state index contributed by atoms with van der Waals surface area (Å²) < 4.78 is 0. The van der Waals surface area contributed by atoms with Gasteiger partial charge in [0.2, 0.25) is 5.91 Å². The molecule has 0 unspecified atom stereocenters. The summed E-state index contributed by atoms with van der Waals surface area (Å²) in [5, 5.41) is 20.5. The van der Waals surface area contributed by atoms with E-state index in [4.69, 9.17) is 11.6 Å². The zero-order chi connectivity index (χ0) is 16.4. The Morgan fingerprint density at radius 2 is 1.87 bits per heavy atom. The molecule has 1 aliphatic heterocycles. The minimum Gasteiger partial charge on any atom is -0.396 e. The zero-order valence-corrected chi connectivity index (χ0v) is 14.0. The third kappa shape index (κ3) is 3.87. The number of carbonyl (C=O) groups excluding carboxylic acids is 1. The van der Waals surface area contributed by atoms with Gasteiger partial charge in [-0.1, -0.05) is 23.7 Å². The molecular formula is C18H24ClNO3. The van der Waals surface area contributed by atoms with Gasteiger partial charge in [-0.15, -0.1) is 0 Å². The lowest BCUT2D eigenvalue weighted by Crippen LogP contribution is -2.40. The number of piperidine rings is 1. The smallest absolute Gasteiger partial charge is 0.223 e. The van der Waals surface area contributed by atoms with E-state index in [2.05, 4.69) is 0 Å². The van der Waals surface area contributed by atoms with Crippen LogP contribution < -0.4 is 0 Å². The number of carbonyl (C=O) groups is 1. The van der Waals surface area contributed by atoms with Crippen LogP contribution in [0.4, 0.5) is 0 Å². The topological polar surface area (TPSA) is 60.8 Å². The quantitative estimate of drug-likeness (QED) is 0.868. The first-order valence-corrected chi connectivity index (χ1v) is 8.73. The second-order valence-corrected chi connectivity index (χ2v) is 7.49. The van der Waals surface area contributed by atoms with E-state index in [1.165, 1.54) is 0 Å². The summed E-state index contributed by atoms with van der Waals surface area (Å²) in [6, 6.07) is 7.32. The normalized spacial score (nSPS) is 22.0. The molecule has 1 heterocycles. The molecule has 1 saturated carbocycles. The van der Waals surface area contributed by atoms with Gasteiger partial charge in [0.15, 0.2) is 0 Å². The maximum absolute atomic E-state index is 12.3. The van der Waals surface area contributed by atoms with Crippen LogP contribution in [-0.2, 0) is 4.79 Å². The minimum absolute atomic E-state index is 0.116. The molecule has 1 aromatic rings. The fourth-order valence-electron chi connectivity index (χ4n) is 3.40. The van der Waals surface area contributed by atoms with Crippen LogP contribution in [0, 0.1) is 11.3 Å². The largest absolute Gasteiger partial charge is 0.396 e. The highest BCUT2D eigenvalue weighted by Crippen LogP contribution is 2.48. The summed E-state index contributed by atoms with van der Waals surface area (Å²) in [4.78, 5) is 14.2. The molecule has 4 nitrogen and oxygen atoms in total. The lowest BCUT2D eigenvalue weighted by molar-refractivity contribution is -0.135. The first kappa shape index (κ1) is 16.7. The Balaban J connectivity index is 1.51. The van der Waals surface area contributed by atoms with E-state index in [9.17, 15) is 15.0 Å². The number of aliphatic hydroxyl groups excluding tert-OH is 2. The Kier molecular flexibility index (Phi) is 4.95. The van der Waals surface area contributed by atoms with Crippen molar-refractivity contribution in [2.24, 2.45) is 11.3 Å². The van der Waals surface area contributed by atoms with Crippen LogP contribution in [0.2, 0.25) is 5.02 Å². The molecule has 0 radical (unpaired) electrons. The highest BCUT2D eigenvalue weighted by Gasteiger charge is 2.44. The van der Waals surface area contributed by atoms with E-state index >= 15 is 0 Å². The van der Waals surface area contributed by atoms with Crippen molar-refractivity contribution in [3.05, 3.63) is 34.9 Å². The molecule has 5 heteroatoms. The van der Waals surface area contributed by atoms with Crippen LogP contribution in [-0.4, -0.2) is 40.7 Å². The summed E-state index contributed by atoms with van der Waals surface area (Å²) in [5.74, 6) is 0.323. The van der Waals surface area contributed by atoms with Crippen molar-refractivity contribution >= 4 is 17.5 Å². The van der Waals surface area contributed by atoms with Crippen LogP contribution in [0.3, 0.4) is 0 Å². The molecule has 1 aliphatic carbocycles. The van der Waals surface area contributed by atoms with Crippen molar-refractivity contribution in [2.45, 2.75) is 38.2 Å². The van der Waals surface area contributed by atoms with Crippen molar-refractivity contribution in [1.29, 1.82) is 0 Å². The highest BCUT2D eigenvalue weighted by atomic mass is 35.5. The van der Waals surface area contributed by atoms with E-state index < -0.39 is 6.10 Å². The van der Waals surface area contributed by atoms with Gasteiger partial charge in [0.25, 0.3) is 0 Å². The first-order chi connectivity index (χ1) is 11.0. The summed E-state index contributed by atoms with van der Waals surface area (Å²) in [6.45, 7) is 1.50. The summed E-state index contributed by atoms with van der Waals surface area (Å²) in [7, 11) is 0. The third-order valence-electron chi connectivity index (χ3n) is 5.37. The molecule has 2 aliphatic rings. The molecule has 2 N–H and O–H groups in total. The van der Waals surface area contributed by atoms with E-state index in [1.54, 1.807) is 12.1 Å². The second kappa shape index (κ2) is 6.80. The van der Waals surface area contributed by atoms with Gasteiger partial charge in [0.1, 0.15) is 0 Å². The molecule has 1 atom stereocenters. The molecule has 2 fully saturated rings. The number of amides is 1. The first-order valence-electron chi connectivity index (χ1n) is 8.35. The lowest BCUT2D eigenvalue weighted by Gasteiger charge is -2.35. The number of hydrogen-bond donors (Lipinski definition) is 2. The number of likely N-dealkylation sites (tertiary alicyclic amines) is 1. The maximum Gasteiger partial charge on any atom is 0.223 e. The average Bonchev–Trinajstić information content (AvgIpc) is 3.35. The van der Waals surface area contributed by atoms with Gasteiger partial charge in [0, 0.05) is 36.6 Å². The van der Waals surface area contributed by atoms with Gasteiger partial charge in [-0.2, -0.15) is 0 Å². The molecule has 3 rings (SSSR count). The van der Waals surface area contributed by atoms with Crippen LogP contribution in [0.25, 0.3) is 0 Å². The van der Waals surface area contributed by atoms with E-state index in [0.717, 1.165) is 31.2 Å². The van der Waals surface area contributed by atoms with Gasteiger partial charge in [0.05, 0.1) is 6.10 Å². The van der Waals surface area contributed by atoms with Crippen LogP contribution in [0.5, 0.6) is 0 Å². The fraction of sp³-hybridized carbons (Fsp3) is 0.611. The SMILES string of the molecule is O=C(CC1(CO)CC1)N1CCC([C@@H](O)c2ccc(Cl)cc2)CC1. The van der Waals surface area contributed by atoms with Crippen LogP contribution >= 0.6 is 11.6 Å². The van der Waals surface area contributed by atoms with Gasteiger partial charge < -0.3 is 15.1 Å². The second-order valence-electron chi connectivity index (χ2n) is 7.05. The van der Waals surface area contributed by atoms with E-state index in [0.29, 0.717) is 24.5 Å². The number of aliphatic hydroxyl groups is 2. The van der Waals surface area contributed by atoms with Gasteiger partial charge in [-0.3, -0.25) is 4.79 Å². The Labute approximate surface area is 142 Å². The molecule has 0 spiro atoms. The Morgan fingerprint density at radius 3 is 2.39 bits per heavy atom. The van der Waals surface area contributed by atoms with E-state index in [1.807, 2.05) is 17.0 Å². The molecule has 1 saturated heterocycles. The van der Waals surface area contributed by atoms with Crippen molar-refractivity contribution in [3.63, 3.8) is 0 Å². The van der Waals surface area contributed by atoms with Crippen molar-refractivity contribution in [2.75, 3.05) is 19.7 Å². The van der Waals surface area contributed by atoms with Crippen molar-refractivity contribution in [3.8, 4) is 0 Å². The summed E-state index contributed by atoms with van der Waals surface area (Å²) in [6.07, 6.45) is 3.50. The lowest BCUT2D eigenvalue weighted by atomic mass is 9.87. The molecule has 126 valence electrons. The fourth-order valence-corrected chi connectivity index (χ4v) is 3.52. The number of nitrogens with zero attached hydrogens (tertiary/aromatic N) is 1. The third-order valence-corrected chi connectivity index (χ3v) is 5.62. The predicted octanol–water partition coefficient (Wildman–Crippen LogP) is 2.77. The van der Waals surface area contributed by atoms with Gasteiger partial charge in [-0.25, -0.2) is 0 Å². The van der Waals surface area contributed by atoms with E-state index in [-0.39, 0.29) is 23.8 Å². The molecule has 23 heavy (non-hydrogen) atoms. The molecule has 1 amide bonds. The minimum atomic E-state index is -0.503. The number of hydrogen-bond acceptors (Lipinski definition) is 3. The highest BCUT2D eigenvalue weighted by molar-refractivity contribution is 6.30.